The number of thioether (sulfide) groups is 1. The molecule has 100 valence electrons. The Bertz CT molecular complexity index is 408. The molecule has 0 atom stereocenters. The predicted molar refractivity (Wildman–Crippen MR) is 71.8 cm³/mol. The fourth-order valence-corrected chi connectivity index (χ4v) is 1.71. The summed E-state index contributed by atoms with van der Waals surface area (Å²) >= 11 is 1.51. The highest BCUT2D eigenvalue weighted by atomic mass is 32.2. The van der Waals surface area contributed by atoms with Gasteiger partial charge in [0.1, 0.15) is 11.4 Å². The van der Waals surface area contributed by atoms with Crippen molar-refractivity contribution < 1.29 is 14.6 Å². The summed E-state index contributed by atoms with van der Waals surface area (Å²) in [6.45, 7) is 5.20. The highest BCUT2D eigenvalue weighted by Gasteiger charge is 2.16. The maximum absolute atomic E-state index is 11.6. The fourth-order valence-electron chi connectivity index (χ4n) is 1.23. The smallest absolute Gasteiger partial charge is 0.413 e. The van der Waals surface area contributed by atoms with Crippen molar-refractivity contribution in [3.05, 3.63) is 17.8 Å². The lowest BCUT2D eigenvalue weighted by Crippen LogP contribution is -2.27. The standard InChI is InChI=1S/C12H18N2O3S/c1-12(2,3)17-11(16)14-10-6-9(18-4)5-8(7-15)13-10/h5-6,15H,7H2,1-4H3,(H,13,14,16). The summed E-state index contributed by atoms with van der Waals surface area (Å²) in [4.78, 5) is 16.6. The van der Waals surface area contributed by atoms with Gasteiger partial charge in [-0.1, -0.05) is 0 Å². The maximum Gasteiger partial charge on any atom is 0.413 e. The van der Waals surface area contributed by atoms with Crippen LogP contribution in [0.25, 0.3) is 0 Å². The molecule has 0 aliphatic rings. The third-order valence-electron chi connectivity index (χ3n) is 1.88. The zero-order chi connectivity index (χ0) is 13.8. The molecule has 1 aromatic heterocycles. The largest absolute Gasteiger partial charge is 0.444 e. The minimum absolute atomic E-state index is 0.169. The van der Waals surface area contributed by atoms with Crippen LogP contribution in [-0.4, -0.2) is 28.0 Å². The van der Waals surface area contributed by atoms with Crippen molar-refractivity contribution in [1.29, 1.82) is 0 Å². The molecule has 1 amide bonds. The van der Waals surface area contributed by atoms with E-state index in [1.165, 1.54) is 11.8 Å². The Hall–Kier alpha value is -1.27. The summed E-state index contributed by atoms with van der Waals surface area (Å²) in [6, 6.07) is 3.50. The zero-order valence-corrected chi connectivity index (χ0v) is 11.8. The number of anilines is 1. The van der Waals surface area contributed by atoms with Gasteiger partial charge in [-0.05, 0) is 39.2 Å². The van der Waals surface area contributed by atoms with Gasteiger partial charge in [0, 0.05) is 4.90 Å². The van der Waals surface area contributed by atoms with Crippen LogP contribution in [0.15, 0.2) is 17.0 Å². The lowest BCUT2D eigenvalue weighted by Gasteiger charge is -2.19. The molecule has 0 saturated carbocycles. The van der Waals surface area contributed by atoms with E-state index in [4.69, 9.17) is 9.84 Å². The summed E-state index contributed by atoms with van der Waals surface area (Å²) in [7, 11) is 0. The number of hydrogen-bond donors (Lipinski definition) is 2. The van der Waals surface area contributed by atoms with E-state index in [0.29, 0.717) is 11.5 Å². The minimum Gasteiger partial charge on any atom is -0.444 e. The van der Waals surface area contributed by atoms with E-state index >= 15 is 0 Å². The van der Waals surface area contributed by atoms with Gasteiger partial charge in [0.2, 0.25) is 0 Å². The van der Waals surface area contributed by atoms with Crippen molar-refractivity contribution in [1.82, 2.24) is 4.98 Å². The molecule has 0 radical (unpaired) electrons. The van der Waals surface area contributed by atoms with E-state index in [1.54, 1.807) is 32.9 Å². The minimum atomic E-state index is -0.558. The second-order valence-corrected chi connectivity index (χ2v) is 5.55. The SMILES string of the molecule is CSc1cc(CO)nc(NC(=O)OC(C)(C)C)c1. The average molecular weight is 270 g/mol. The first-order valence-electron chi connectivity index (χ1n) is 5.50. The van der Waals surface area contributed by atoms with Gasteiger partial charge in [0.05, 0.1) is 12.3 Å². The molecule has 1 aromatic rings. The summed E-state index contributed by atoms with van der Waals surface area (Å²) in [5, 5.41) is 11.6. The molecule has 0 aliphatic carbocycles. The van der Waals surface area contributed by atoms with E-state index in [9.17, 15) is 4.79 Å². The van der Waals surface area contributed by atoms with Gasteiger partial charge in [-0.2, -0.15) is 0 Å². The number of amides is 1. The third kappa shape index (κ3) is 4.93. The van der Waals surface area contributed by atoms with Crippen LogP contribution in [0, 0.1) is 0 Å². The van der Waals surface area contributed by atoms with Crippen molar-refractivity contribution in [3.63, 3.8) is 0 Å². The molecule has 6 heteroatoms. The summed E-state index contributed by atoms with van der Waals surface area (Å²) in [5.74, 6) is 0.375. The number of nitrogens with zero attached hydrogens (tertiary/aromatic N) is 1. The van der Waals surface area contributed by atoms with Gasteiger partial charge in [-0.3, -0.25) is 5.32 Å². The quantitative estimate of drug-likeness (QED) is 0.826. The van der Waals surface area contributed by atoms with E-state index in [-0.39, 0.29) is 6.61 Å². The number of nitrogens with one attached hydrogen (secondary N) is 1. The molecule has 18 heavy (non-hydrogen) atoms. The Balaban J connectivity index is 2.80. The normalized spacial score (nSPS) is 11.2. The van der Waals surface area contributed by atoms with Gasteiger partial charge < -0.3 is 9.84 Å². The number of aromatic nitrogens is 1. The molecular formula is C12H18N2O3S. The topological polar surface area (TPSA) is 71.5 Å². The van der Waals surface area contributed by atoms with Crippen LogP contribution in [0.4, 0.5) is 10.6 Å². The first-order valence-corrected chi connectivity index (χ1v) is 6.72. The van der Waals surface area contributed by atoms with E-state index in [1.807, 2.05) is 6.26 Å². The molecule has 0 bridgehead atoms. The Morgan fingerprint density at radius 1 is 1.50 bits per heavy atom. The Labute approximate surface area is 111 Å². The van der Waals surface area contributed by atoms with E-state index in [0.717, 1.165) is 4.90 Å². The van der Waals surface area contributed by atoms with Gasteiger partial charge in [-0.15, -0.1) is 11.8 Å². The monoisotopic (exact) mass is 270 g/mol. The number of aliphatic hydroxyl groups is 1. The molecule has 0 unspecified atom stereocenters. The van der Waals surface area contributed by atoms with Crippen LogP contribution in [0.1, 0.15) is 26.5 Å². The Morgan fingerprint density at radius 3 is 2.67 bits per heavy atom. The number of aliphatic hydroxyl groups excluding tert-OH is 1. The lowest BCUT2D eigenvalue weighted by molar-refractivity contribution is 0.0635. The molecule has 0 fully saturated rings. The molecule has 0 aromatic carbocycles. The van der Waals surface area contributed by atoms with Crippen LogP contribution in [0.2, 0.25) is 0 Å². The number of rotatable bonds is 3. The van der Waals surface area contributed by atoms with Gasteiger partial charge in [0.15, 0.2) is 0 Å². The lowest BCUT2D eigenvalue weighted by atomic mass is 10.2. The predicted octanol–water partition coefficient (Wildman–Crippen LogP) is 2.64. The van der Waals surface area contributed by atoms with Gasteiger partial charge in [0.25, 0.3) is 0 Å². The number of pyridine rings is 1. The first-order chi connectivity index (χ1) is 8.34. The second-order valence-electron chi connectivity index (χ2n) is 4.67. The number of carbonyl (C=O) groups excluding carboxylic acids is 1. The fraction of sp³-hybridized carbons (Fsp3) is 0.500. The van der Waals surface area contributed by atoms with Crippen molar-refractivity contribution in [2.75, 3.05) is 11.6 Å². The number of hydrogen-bond acceptors (Lipinski definition) is 5. The number of carbonyl (C=O) groups is 1. The van der Waals surface area contributed by atoms with Gasteiger partial charge in [-0.25, -0.2) is 9.78 Å². The summed E-state index contributed by atoms with van der Waals surface area (Å²) in [6.07, 6.45) is 1.35. The molecular weight excluding hydrogens is 252 g/mol. The average Bonchev–Trinajstić information content (AvgIpc) is 2.25. The van der Waals surface area contributed by atoms with Crippen LogP contribution >= 0.6 is 11.8 Å². The molecule has 5 nitrogen and oxygen atoms in total. The molecule has 2 N–H and O–H groups in total. The van der Waals surface area contributed by atoms with Crippen LogP contribution in [0.5, 0.6) is 0 Å². The molecule has 1 heterocycles. The van der Waals surface area contributed by atoms with Crippen molar-refractivity contribution >= 4 is 23.7 Å². The van der Waals surface area contributed by atoms with Crippen molar-refractivity contribution in [2.45, 2.75) is 37.9 Å². The third-order valence-corrected chi connectivity index (χ3v) is 2.59. The van der Waals surface area contributed by atoms with Crippen molar-refractivity contribution in [3.8, 4) is 0 Å². The first kappa shape index (κ1) is 14.8. The molecule has 1 rings (SSSR count). The highest BCUT2D eigenvalue weighted by molar-refractivity contribution is 7.98. The Kier molecular flexibility index (Phi) is 4.98. The van der Waals surface area contributed by atoms with Gasteiger partial charge >= 0.3 is 6.09 Å². The number of ether oxygens (including phenoxy) is 1. The van der Waals surface area contributed by atoms with Crippen LogP contribution in [-0.2, 0) is 11.3 Å². The van der Waals surface area contributed by atoms with Crippen LogP contribution < -0.4 is 5.32 Å². The zero-order valence-electron chi connectivity index (χ0n) is 11.0. The second kappa shape index (κ2) is 6.06. The summed E-state index contributed by atoms with van der Waals surface area (Å²) in [5.41, 5.74) is -0.0472. The Morgan fingerprint density at radius 2 is 2.17 bits per heavy atom. The van der Waals surface area contributed by atoms with E-state index in [2.05, 4.69) is 10.3 Å². The van der Waals surface area contributed by atoms with Crippen LogP contribution in [0.3, 0.4) is 0 Å². The summed E-state index contributed by atoms with van der Waals surface area (Å²) < 4.78 is 5.13. The maximum atomic E-state index is 11.6. The molecule has 0 saturated heterocycles. The molecule has 0 aliphatic heterocycles. The van der Waals surface area contributed by atoms with E-state index < -0.39 is 11.7 Å². The molecule has 0 spiro atoms. The van der Waals surface area contributed by atoms with Crippen molar-refractivity contribution in [2.24, 2.45) is 0 Å². The highest BCUT2D eigenvalue weighted by Crippen LogP contribution is 2.20.